The summed E-state index contributed by atoms with van der Waals surface area (Å²) in [6, 6.07) is 38.6. The van der Waals surface area contributed by atoms with Crippen LogP contribution in [-0.2, 0) is 0 Å². The highest BCUT2D eigenvalue weighted by Crippen LogP contribution is 2.59. The number of para-hydroxylation sites is 2. The minimum absolute atomic E-state index is 0.124. The molecule has 0 aromatic heterocycles. The normalized spacial score (nSPS) is 12.5. The Morgan fingerprint density at radius 3 is 1.37 bits per heavy atom. The molecule has 4 aromatic carbocycles. The summed E-state index contributed by atoms with van der Waals surface area (Å²) in [7, 11) is 5.90. The van der Waals surface area contributed by atoms with Crippen LogP contribution >= 0.6 is 17.2 Å². The maximum atomic E-state index is 5.88. The Morgan fingerprint density at radius 2 is 0.971 bits per heavy atom. The Hall–Kier alpha value is -2.66. The number of benzene rings is 4. The van der Waals surface area contributed by atoms with Crippen LogP contribution in [0.2, 0.25) is 0 Å². The molecule has 0 N–H and O–H groups in total. The van der Waals surface area contributed by atoms with E-state index in [4.69, 9.17) is 9.47 Å². The SMILES string of the molecule is COc1ccccc1P(c1ccccc1OC)C(P)C(C)(C)C(c1ccccc1)c1ccccc1. The van der Waals surface area contributed by atoms with Crippen molar-refractivity contribution in [3.63, 3.8) is 0 Å². The third-order valence-electron chi connectivity index (χ3n) is 6.74. The van der Waals surface area contributed by atoms with Crippen LogP contribution in [0, 0.1) is 5.41 Å². The van der Waals surface area contributed by atoms with E-state index < -0.39 is 7.92 Å². The number of hydrogen-bond acceptors (Lipinski definition) is 2. The Bertz CT molecular complexity index is 1140. The van der Waals surface area contributed by atoms with E-state index in [1.54, 1.807) is 14.2 Å². The minimum atomic E-state index is -0.854. The number of methoxy groups -OCH3 is 2. The molecule has 2 atom stereocenters. The fourth-order valence-corrected chi connectivity index (χ4v) is 9.06. The van der Waals surface area contributed by atoms with Crippen molar-refractivity contribution >= 4 is 27.8 Å². The minimum Gasteiger partial charge on any atom is -0.496 e. The molecule has 0 fully saturated rings. The standard InChI is InChI=1S/C31H34O2P2/c1-31(2,29(23-15-7-5-8-16-23)24-17-9-6-10-18-24)30(34)35(27-21-13-11-19-25(27)32-3)28-22-14-12-20-26(28)33-4/h5-22,29-30H,34H2,1-4H3. The first-order chi connectivity index (χ1) is 17.0. The van der Waals surface area contributed by atoms with Crippen LogP contribution < -0.4 is 20.1 Å². The Morgan fingerprint density at radius 1 is 0.600 bits per heavy atom. The van der Waals surface area contributed by atoms with Gasteiger partial charge in [0.15, 0.2) is 0 Å². The summed E-state index contributed by atoms with van der Waals surface area (Å²) in [6.45, 7) is 4.80. The fraction of sp³-hybridized carbons (Fsp3) is 0.226. The molecule has 2 nitrogen and oxygen atoms in total. The van der Waals surface area contributed by atoms with Gasteiger partial charge in [-0.25, -0.2) is 0 Å². The molecule has 0 heterocycles. The third kappa shape index (κ3) is 5.30. The number of rotatable bonds is 9. The average molecular weight is 501 g/mol. The maximum Gasteiger partial charge on any atom is 0.126 e. The Balaban J connectivity index is 1.91. The molecule has 0 spiro atoms. The maximum absolute atomic E-state index is 5.88. The van der Waals surface area contributed by atoms with E-state index in [0.717, 1.165) is 11.5 Å². The second kappa shape index (κ2) is 11.4. The molecule has 0 amide bonds. The van der Waals surface area contributed by atoms with Gasteiger partial charge >= 0.3 is 0 Å². The van der Waals surface area contributed by atoms with E-state index in [0.29, 0.717) is 0 Å². The van der Waals surface area contributed by atoms with Crippen LogP contribution in [0.15, 0.2) is 109 Å². The van der Waals surface area contributed by atoms with Gasteiger partial charge in [0, 0.05) is 21.9 Å². The molecule has 0 aliphatic carbocycles. The summed E-state index contributed by atoms with van der Waals surface area (Å²) in [5.41, 5.74) is 2.53. The molecule has 0 bridgehead atoms. The van der Waals surface area contributed by atoms with Crippen molar-refractivity contribution in [2.45, 2.75) is 25.2 Å². The molecule has 2 unspecified atom stereocenters. The van der Waals surface area contributed by atoms with Gasteiger partial charge in [0.25, 0.3) is 0 Å². The van der Waals surface area contributed by atoms with Gasteiger partial charge in [0.05, 0.1) is 14.2 Å². The van der Waals surface area contributed by atoms with Gasteiger partial charge in [0.1, 0.15) is 11.5 Å². The number of hydrogen-bond donors (Lipinski definition) is 0. The molecule has 0 saturated carbocycles. The molecule has 4 rings (SSSR count). The van der Waals surface area contributed by atoms with Gasteiger partial charge in [-0.2, -0.15) is 0 Å². The van der Waals surface area contributed by atoms with E-state index >= 15 is 0 Å². The summed E-state index contributed by atoms with van der Waals surface area (Å²) in [5.74, 6) is 2.05. The molecule has 35 heavy (non-hydrogen) atoms. The molecule has 4 aromatic rings. The quantitative estimate of drug-likeness (QED) is 0.226. The van der Waals surface area contributed by atoms with Crippen LogP contribution in [-0.4, -0.2) is 19.6 Å². The summed E-state index contributed by atoms with van der Waals surface area (Å²) in [5, 5.41) is 2.67. The molecule has 0 saturated heterocycles. The highest BCUT2D eigenvalue weighted by atomic mass is 31.2. The average Bonchev–Trinajstić information content (AvgIpc) is 2.90. The van der Waals surface area contributed by atoms with Gasteiger partial charge in [-0.15, -0.1) is 9.24 Å². The van der Waals surface area contributed by atoms with Crippen molar-refractivity contribution in [3.8, 4) is 11.5 Å². The van der Waals surface area contributed by atoms with E-state index in [1.165, 1.54) is 21.7 Å². The van der Waals surface area contributed by atoms with Gasteiger partial charge in [0.2, 0.25) is 0 Å². The second-order valence-electron chi connectivity index (χ2n) is 9.23. The van der Waals surface area contributed by atoms with Gasteiger partial charge in [-0.3, -0.25) is 0 Å². The zero-order valence-corrected chi connectivity index (χ0v) is 22.9. The first kappa shape index (κ1) is 25.4. The molecule has 4 heteroatoms. The Labute approximate surface area is 213 Å². The molecule has 180 valence electrons. The van der Waals surface area contributed by atoms with Crippen LogP contribution in [0.1, 0.15) is 30.9 Å². The van der Waals surface area contributed by atoms with Crippen molar-refractivity contribution in [3.05, 3.63) is 120 Å². The van der Waals surface area contributed by atoms with Gasteiger partial charge < -0.3 is 9.47 Å². The van der Waals surface area contributed by atoms with Gasteiger partial charge in [-0.05, 0) is 36.6 Å². The summed E-state index contributed by atoms with van der Waals surface area (Å²) >= 11 is 0. The van der Waals surface area contributed by atoms with Crippen molar-refractivity contribution in [1.82, 2.24) is 0 Å². The molecule has 0 radical (unpaired) electrons. The Kier molecular flexibility index (Phi) is 8.27. The summed E-state index contributed by atoms with van der Waals surface area (Å²) in [6.07, 6.45) is 0. The molecular formula is C31H34O2P2. The zero-order chi connectivity index (χ0) is 24.8. The molecular weight excluding hydrogens is 466 g/mol. The first-order valence-corrected chi connectivity index (χ1v) is 14.0. The first-order valence-electron chi connectivity index (χ1n) is 11.9. The van der Waals surface area contributed by atoms with Crippen molar-refractivity contribution in [1.29, 1.82) is 0 Å². The fourth-order valence-electron chi connectivity index (χ4n) is 4.93. The highest BCUT2D eigenvalue weighted by molar-refractivity contribution is 7.78. The lowest BCUT2D eigenvalue weighted by Crippen LogP contribution is -2.36. The van der Waals surface area contributed by atoms with Crippen molar-refractivity contribution in [2.75, 3.05) is 14.2 Å². The smallest absolute Gasteiger partial charge is 0.126 e. The van der Waals surface area contributed by atoms with Crippen LogP contribution in [0.3, 0.4) is 0 Å². The van der Waals surface area contributed by atoms with Crippen LogP contribution in [0.5, 0.6) is 11.5 Å². The third-order valence-corrected chi connectivity index (χ3v) is 11.5. The lowest BCUT2D eigenvalue weighted by atomic mass is 9.72. The second-order valence-corrected chi connectivity index (χ2v) is 12.7. The predicted octanol–water partition coefficient (Wildman–Crippen LogP) is 7.20. The van der Waals surface area contributed by atoms with E-state index in [9.17, 15) is 0 Å². The summed E-state index contributed by atoms with van der Waals surface area (Å²) in [4.78, 5) is 0. The van der Waals surface area contributed by atoms with Crippen LogP contribution in [0.4, 0.5) is 0 Å². The number of ether oxygens (including phenoxy) is 2. The lowest BCUT2D eigenvalue weighted by molar-refractivity contribution is 0.349. The predicted molar refractivity (Wildman–Crippen MR) is 154 cm³/mol. The molecule has 0 aliphatic rings. The van der Waals surface area contributed by atoms with E-state index in [2.05, 4.69) is 120 Å². The largest absolute Gasteiger partial charge is 0.496 e. The van der Waals surface area contributed by atoms with E-state index in [-0.39, 0.29) is 16.7 Å². The monoisotopic (exact) mass is 500 g/mol. The van der Waals surface area contributed by atoms with Crippen molar-refractivity contribution in [2.24, 2.45) is 5.41 Å². The zero-order valence-electron chi connectivity index (χ0n) is 20.9. The topological polar surface area (TPSA) is 18.5 Å². The van der Waals surface area contributed by atoms with Crippen LogP contribution in [0.25, 0.3) is 0 Å². The summed E-state index contributed by atoms with van der Waals surface area (Å²) < 4.78 is 11.8. The highest BCUT2D eigenvalue weighted by Gasteiger charge is 2.42. The molecule has 0 aliphatic heterocycles. The van der Waals surface area contributed by atoms with E-state index in [1.807, 2.05) is 12.1 Å². The lowest BCUT2D eigenvalue weighted by Gasteiger charge is -2.44. The van der Waals surface area contributed by atoms with Crippen molar-refractivity contribution < 1.29 is 9.47 Å². The van der Waals surface area contributed by atoms with Gasteiger partial charge in [-0.1, -0.05) is 111 Å².